The van der Waals surface area contributed by atoms with Crippen molar-refractivity contribution in [2.45, 2.75) is 13.8 Å². The summed E-state index contributed by atoms with van der Waals surface area (Å²) in [4.78, 5) is 0. The van der Waals surface area contributed by atoms with Gasteiger partial charge in [-0.3, -0.25) is 0 Å². The first-order valence-electron chi connectivity index (χ1n) is 5.16. The highest BCUT2D eigenvalue weighted by Crippen LogP contribution is 2.27. The summed E-state index contributed by atoms with van der Waals surface area (Å²) in [6, 6.07) is 7.56. The van der Waals surface area contributed by atoms with Crippen molar-refractivity contribution >= 4 is 5.88 Å². The van der Waals surface area contributed by atoms with Gasteiger partial charge in [-0.15, -0.1) is 0 Å². The Morgan fingerprint density at radius 3 is 2.75 bits per heavy atom. The van der Waals surface area contributed by atoms with Crippen LogP contribution in [0.25, 0.3) is 11.3 Å². The van der Waals surface area contributed by atoms with Crippen molar-refractivity contribution in [1.82, 2.24) is 5.16 Å². The van der Waals surface area contributed by atoms with Gasteiger partial charge in [-0.1, -0.05) is 5.16 Å². The average molecular weight is 218 g/mol. The molecule has 0 fully saturated rings. The number of aryl methyl sites for hydroxylation is 1. The highest BCUT2D eigenvalue weighted by Gasteiger charge is 2.07. The van der Waals surface area contributed by atoms with Gasteiger partial charge >= 0.3 is 0 Å². The van der Waals surface area contributed by atoms with Gasteiger partial charge in [0.25, 0.3) is 0 Å². The fraction of sp³-hybridized carbons (Fsp3) is 0.250. The lowest BCUT2D eigenvalue weighted by Gasteiger charge is -2.06. The molecule has 2 rings (SSSR count). The molecule has 16 heavy (non-hydrogen) atoms. The normalized spacial score (nSPS) is 10.4. The Balaban J connectivity index is 2.36. The molecule has 84 valence electrons. The molecule has 0 bridgehead atoms. The quantitative estimate of drug-likeness (QED) is 0.860. The van der Waals surface area contributed by atoms with Crippen LogP contribution in [-0.2, 0) is 0 Å². The van der Waals surface area contributed by atoms with E-state index in [4.69, 9.17) is 15.0 Å². The summed E-state index contributed by atoms with van der Waals surface area (Å²) >= 11 is 0. The van der Waals surface area contributed by atoms with Gasteiger partial charge in [0.2, 0.25) is 5.88 Å². The van der Waals surface area contributed by atoms with E-state index in [-0.39, 0.29) is 0 Å². The second-order valence-corrected chi connectivity index (χ2v) is 3.52. The van der Waals surface area contributed by atoms with Crippen molar-refractivity contribution in [2.24, 2.45) is 0 Å². The number of benzene rings is 1. The van der Waals surface area contributed by atoms with Gasteiger partial charge in [-0.05, 0) is 37.6 Å². The molecule has 0 spiro atoms. The van der Waals surface area contributed by atoms with E-state index in [1.54, 1.807) is 6.07 Å². The molecule has 4 heteroatoms. The second-order valence-electron chi connectivity index (χ2n) is 3.52. The number of aromatic nitrogens is 1. The minimum atomic E-state index is 0.322. The van der Waals surface area contributed by atoms with Gasteiger partial charge in [0.05, 0.1) is 6.61 Å². The molecule has 1 aromatic carbocycles. The third-order valence-corrected chi connectivity index (χ3v) is 2.31. The second kappa shape index (κ2) is 4.26. The number of nitrogens with two attached hydrogens (primary N) is 1. The topological polar surface area (TPSA) is 61.3 Å². The van der Waals surface area contributed by atoms with Crippen molar-refractivity contribution in [1.29, 1.82) is 0 Å². The maximum atomic E-state index is 5.49. The lowest BCUT2D eigenvalue weighted by Crippen LogP contribution is -1.92. The van der Waals surface area contributed by atoms with E-state index in [1.807, 2.05) is 32.0 Å². The lowest BCUT2D eigenvalue weighted by atomic mass is 10.1. The number of ether oxygens (including phenoxy) is 1. The zero-order valence-electron chi connectivity index (χ0n) is 9.36. The molecule has 2 aromatic rings. The number of nitrogen functional groups attached to an aromatic ring is 1. The number of anilines is 1. The fourth-order valence-corrected chi connectivity index (χ4v) is 1.60. The molecular formula is C12H14N2O2. The highest BCUT2D eigenvalue weighted by atomic mass is 16.5. The number of hydrogen-bond donors (Lipinski definition) is 1. The summed E-state index contributed by atoms with van der Waals surface area (Å²) in [5, 5.41) is 3.88. The molecule has 4 nitrogen and oxygen atoms in total. The van der Waals surface area contributed by atoms with Crippen LogP contribution in [0.15, 0.2) is 28.8 Å². The summed E-state index contributed by atoms with van der Waals surface area (Å²) in [5.41, 5.74) is 8.32. The lowest BCUT2D eigenvalue weighted by molar-refractivity contribution is 0.340. The van der Waals surface area contributed by atoms with Crippen LogP contribution in [0.5, 0.6) is 5.75 Å². The summed E-state index contributed by atoms with van der Waals surface area (Å²) in [5.74, 6) is 1.18. The van der Waals surface area contributed by atoms with Crippen LogP contribution < -0.4 is 10.5 Å². The van der Waals surface area contributed by atoms with Gasteiger partial charge in [-0.2, -0.15) is 0 Å². The van der Waals surface area contributed by atoms with Crippen molar-refractivity contribution in [3.05, 3.63) is 29.8 Å². The molecular weight excluding hydrogens is 204 g/mol. The Kier molecular flexibility index (Phi) is 2.81. The van der Waals surface area contributed by atoms with E-state index >= 15 is 0 Å². The molecule has 0 unspecified atom stereocenters. The maximum absolute atomic E-state index is 5.49. The van der Waals surface area contributed by atoms with Crippen LogP contribution in [0.2, 0.25) is 0 Å². The molecule has 0 amide bonds. The molecule has 1 heterocycles. The zero-order chi connectivity index (χ0) is 11.5. The van der Waals surface area contributed by atoms with E-state index in [0.717, 1.165) is 22.6 Å². The summed E-state index contributed by atoms with van der Waals surface area (Å²) in [7, 11) is 0. The van der Waals surface area contributed by atoms with Crippen LogP contribution >= 0.6 is 0 Å². The Hall–Kier alpha value is -1.97. The summed E-state index contributed by atoms with van der Waals surface area (Å²) in [6.45, 7) is 4.62. The molecule has 0 saturated carbocycles. The van der Waals surface area contributed by atoms with Gasteiger partial charge in [-0.25, -0.2) is 0 Å². The number of hydrogen-bond acceptors (Lipinski definition) is 4. The fourth-order valence-electron chi connectivity index (χ4n) is 1.60. The standard InChI is InChI=1S/C12H14N2O2/c1-3-15-9-4-5-10(8(2)6-9)11-7-12(13)16-14-11/h4-7H,3,13H2,1-2H3. The molecule has 2 N–H and O–H groups in total. The molecule has 1 aromatic heterocycles. The van der Waals surface area contributed by atoms with Gasteiger partial charge in [0.15, 0.2) is 0 Å². The monoisotopic (exact) mass is 218 g/mol. The van der Waals surface area contributed by atoms with Crippen LogP contribution in [0.4, 0.5) is 5.88 Å². The summed E-state index contributed by atoms with van der Waals surface area (Å²) < 4.78 is 10.3. The first kappa shape index (κ1) is 10.5. The van der Waals surface area contributed by atoms with Gasteiger partial charge in [0.1, 0.15) is 11.4 Å². The SMILES string of the molecule is CCOc1ccc(-c2cc(N)on2)c(C)c1. The van der Waals surface area contributed by atoms with Crippen molar-refractivity contribution in [3.8, 4) is 17.0 Å². The van der Waals surface area contributed by atoms with E-state index in [9.17, 15) is 0 Å². The Bertz CT molecular complexity index is 492. The van der Waals surface area contributed by atoms with Crippen LogP contribution in [0.1, 0.15) is 12.5 Å². The van der Waals surface area contributed by atoms with Crippen LogP contribution in [0.3, 0.4) is 0 Å². The third-order valence-electron chi connectivity index (χ3n) is 2.31. The largest absolute Gasteiger partial charge is 0.494 e. The van der Waals surface area contributed by atoms with E-state index in [2.05, 4.69) is 5.16 Å². The van der Waals surface area contributed by atoms with Gasteiger partial charge < -0.3 is 15.0 Å². The smallest absolute Gasteiger partial charge is 0.222 e. The Morgan fingerprint density at radius 2 is 2.19 bits per heavy atom. The molecule has 0 atom stereocenters. The van der Waals surface area contributed by atoms with Crippen molar-refractivity contribution < 1.29 is 9.26 Å². The number of rotatable bonds is 3. The zero-order valence-corrected chi connectivity index (χ0v) is 9.36. The molecule has 0 aliphatic rings. The first-order chi connectivity index (χ1) is 7.70. The minimum Gasteiger partial charge on any atom is -0.494 e. The molecule has 0 saturated heterocycles. The van der Waals surface area contributed by atoms with E-state index in [1.165, 1.54) is 0 Å². The van der Waals surface area contributed by atoms with Gasteiger partial charge in [0, 0.05) is 11.6 Å². The molecule has 0 aliphatic heterocycles. The van der Waals surface area contributed by atoms with Crippen molar-refractivity contribution in [2.75, 3.05) is 12.3 Å². The number of nitrogens with zero attached hydrogens (tertiary/aromatic N) is 1. The summed E-state index contributed by atoms with van der Waals surface area (Å²) in [6.07, 6.45) is 0. The maximum Gasteiger partial charge on any atom is 0.222 e. The molecule has 0 aliphatic carbocycles. The van der Waals surface area contributed by atoms with Crippen LogP contribution in [-0.4, -0.2) is 11.8 Å². The average Bonchev–Trinajstić information content (AvgIpc) is 2.65. The predicted octanol–water partition coefficient (Wildman–Crippen LogP) is 2.63. The Labute approximate surface area is 94.0 Å². The highest BCUT2D eigenvalue weighted by molar-refractivity contribution is 5.66. The van der Waals surface area contributed by atoms with E-state index < -0.39 is 0 Å². The van der Waals surface area contributed by atoms with E-state index in [0.29, 0.717) is 12.5 Å². The molecule has 0 radical (unpaired) electrons. The predicted molar refractivity (Wildman–Crippen MR) is 62.3 cm³/mol. The first-order valence-corrected chi connectivity index (χ1v) is 5.16. The van der Waals surface area contributed by atoms with Crippen LogP contribution in [0, 0.1) is 6.92 Å². The van der Waals surface area contributed by atoms with Crippen molar-refractivity contribution in [3.63, 3.8) is 0 Å². The Morgan fingerprint density at radius 1 is 1.38 bits per heavy atom. The third kappa shape index (κ3) is 2.00. The minimum absolute atomic E-state index is 0.322.